The lowest BCUT2D eigenvalue weighted by Crippen LogP contribution is -2.19. The first-order chi connectivity index (χ1) is 10.1. The van der Waals surface area contributed by atoms with Gasteiger partial charge in [-0.2, -0.15) is 9.37 Å². The van der Waals surface area contributed by atoms with E-state index in [1.807, 2.05) is 37.3 Å². The largest absolute Gasteiger partial charge is 0.377 e. The summed E-state index contributed by atoms with van der Waals surface area (Å²) in [6.07, 6.45) is 1.20. The average molecular weight is 310 g/mol. The van der Waals surface area contributed by atoms with Crippen LogP contribution in [-0.2, 0) is 11.3 Å². The van der Waals surface area contributed by atoms with Crippen molar-refractivity contribution < 1.29 is 9.13 Å². The van der Waals surface area contributed by atoms with Crippen LogP contribution in [0.3, 0.4) is 0 Å². The van der Waals surface area contributed by atoms with Gasteiger partial charge in [0.05, 0.1) is 12.8 Å². The zero-order valence-electron chi connectivity index (χ0n) is 11.7. The van der Waals surface area contributed by atoms with Crippen molar-refractivity contribution in [3.63, 3.8) is 0 Å². The van der Waals surface area contributed by atoms with Gasteiger partial charge in [0.2, 0.25) is 0 Å². The summed E-state index contributed by atoms with van der Waals surface area (Å²) in [5, 5.41) is 3.35. The highest BCUT2D eigenvalue weighted by molar-refractivity contribution is 6.32. The summed E-state index contributed by atoms with van der Waals surface area (Å²) in [6.45, 7) is 3.13. The third kappa shape index (κ3) is 5.28. The van der Waals surface area contributed by atoms with Gasteiger partial charge < -0.3 is 10.1 Å². The Morgan fingerprint density at radius 3 is 2.86 bits per heavy atom. The Morgan fingerprint density at radius 2 is 2.10 bits per heavy atom. The lowest BCUT2D eigenvalue weighted by molar-refractivity contribution is 0.116. The predicted molar refractivity (Wildman–Crippen MR) is 80.8 cm³/mol. The van der Waals surface area contributed by atoms with Crippen molar-refractivity contribution in [3.8, 4) is 0 Å². The topological polar surface area (TPSA) is 47.0 Å². The number of benzene rings is 1. The molecule has 112 valence electrons. The number of aromatic nitrogens is 2. The van der Waals surface area contributed by atoms with Crippen LogP contribution in [0.2, 0.25) is 5.02 Å². The molecule has 0 aliphatic rings. The smallest absolute Gasteiger partial charge is 0.310 e. The maximum atomic E-state index is 12.9. The van der Waals surface area contributed by atoms with E-state index in [0.29, 0.717) is 24.1 Å². The van der Waals surface area contributed by atoms with Crippen molar-refractivity contribution in [2.75, 3.05) is 11.9 Å². The van der Waals surface area contributed by atoms with Crippen molar-refractivity contribution in [1.29, 1.82) is 0 Å². The second-order valence-electron chi connectivity index (χ2n) is 4.71. The molecule has 1 atom stereocenters. The zero-order valence-corrected chi connectivity index (χ0v) is 12.5. The molecule has 6 heteroatoms. The van der Waals surface area contributed by atoms with Crippen LogP contribution in [-0.4, -0.2) is 22.6 Å². The minimum atomic E-state index is -0.797. The number of rotatable bonds is 7. The van der Waals surface area contributed by atoms with Crippen LogP contribution in [0.25, 0.3) is 0 Å². The molecule has 0 amide bonds. The SMILES string of the molecule is CC(CCOCc1ccccc1)Nc1nc(F)ncc1Cl. The molecule has 21 heavy (non-hydrogen) atoms. The minimum Gasteiger partial charge on any atom is -0.377 e. The Kier molecular flexibility index (Phi) is 5.90. The summed E-state index contributed by atoms with van der Waals surface area (Å²) in [7, 11) is 0. The Labute approximate surface area is 128 Å². The fourth-order valence-corrected chi connectivity index (χ4v) is 1.92. The fraction of sp³-hybridized carbons (Fsp3) is 0.333. The van der Waals surface area contributed by atoms with E-state index < -0.39 is 6.08 Å². The van der Waals surface area contributed by atoms with Crippen LogP contribution in [0.5, 0.6) is 0 Å². The number of anilines is 1. The Hall–Kier alpha value is -1.72. The van der Waals surface area contributed by atoms with E-state index in [0.717, 1.165) is 12.0 Å². The molecule has 0 aliphatic carbocycles. The number of nitrogens with zero attached hydrogens (tertiary/aromatic N) is 2. The molecular formula is C15H17ClFN3O. The summed E-state index contributed by atoms with van der Waals surface area (Å²) in [6, 6.07) is 10.0. The van der Waals surface area contributed by atoms with E-state index in [4.69, 9.17) is 16.3 Å². The highest BCUT2D eigenvalue weighted by Gasteiger charge is 2.08. The zero-order chi connectivity index (χ0) is 15.1. The van der Waals surface area contributed by atoms with Gasteiger partial charge in [-0.25, -0.2) is 4.98 Å². The van der Waals surface area contributed by atoms with Crippen LogP contribution in [0.4, 0.5) is 10.2 Å². The predicted octanol–water partition coefficient (Wildman–Crippen LogP) is 3.68. The van der Waals surface area contributed by atoms with E-state index in [1.165, 1.54) is 6.20 Å². The van der Waals surface area contributed by atoms with E-state index in [1.54, 1.807) is 0 Å². The van der Waals surface area contributed by atoms with E-state index in [9.17, 15) is 4.39 Å². The van der Waals surface area contributed by atoms with Crippen molar-refractivity contribution in [2.45, 2.75) is 26.0 Å². The molecule has 2 aromatic rings. The summed E-state index contributed by atoms with van der Waals surface area (Å²) < 4.78 is 18.5. The van der Waals surface area contributed by atoms with Crippen LogP contribution >= 0.6 is 11.6 Å². The molecule has 1 N–H and O–H groups in total. The average Bonchev–Trinajstić information content (AvgIpc) is 2.48. The van der Waals surface area contributed by atoms with E-state index >= 15 is 0 Å². The van der Waals surface area contributed by atoms with Gasteiger partial charge in [0.15, 0.2) is 5.82 Å². The molecule has 1 aromatic carbocycles. The molecule has 0 fully saturated rings. The van der Waals surface area contributed by atoms with Crippen LogP contribution in [0, 0.1) is 6.08 Å². The maximum Gasteiger partial charge on any atom is 0.310 e. The molecule has 1 aromatic heterocycles. The fourth-order valence-electron chi connectivity index (χ4n) is 1.78. The van der Waals surface area contributed by atoms with Gasteiger partial charge >= 0.3 is 6.08 Å². The highest BCUT2D eigenvalue weighted by atomic mass is 35.5. The standard InChI is InChI=1S/C15H17ClFN3O/c1-11(19-14-13(16)9-18-15(17)20-14)7-8-21-10-12-5-3-2-4-6-12/h2-6,9,11H,7-8,10H2,1H3,(H,18,19,20). The van der Waals surface area contributed by atoms with E-state index in [-0.39, 0.29) is 6.04 Å². The molecule has 1 heterocycles. The first-order valence-corrected chi connectivity index (χ1v) is 7.09. The molecule has 0 bridgehead atoms. The monoisotopic (exact) mass is 309 g/mol. The molecular weight excluding hydrogens is 293 g/mol. The maximum absolute atomic E-state index is 12.9. The van der Waals surface area contributed by atoms with Crippen LogP contribution in [0.15, 0.2) is 36.5 Å². The minimum absolute atomic E-state index is 0.0626. The number of ether oxygens (including phenoxy) is 1. The van der Waals surface area contributed by atoms with Crippen molar-refractivity contribution in [2.24, 2.45) is 0 Å². The van der Waals surface area contributed by atoms with Gasteiger partial charge in [-0.15, -0.1) is 0 Å². The quantitative estimate of drug-likeness (QED) is 0.626. The van der Waals surface area contributed by atoms with Gasteiger partial charge in [0, 0.05) is 12.6 Å². The molecule has 2 rings (SSSR count). The molecule has 0 aliphatic heterocycles. The lowest BCUT2D eigenvalue weighted by atomic mass is 10.2. The Morgan fingerprint density at radius 1 is 1.33 bits per heavy atom. The van der Waals surface area contributed by atoms with Crippen molar-refractivity contribution in [3.05, 3.63) is 53.2 Å². The third-order valence-electron chi connectivity index (χ3n) is 2.90. The lowest BCUT2D eigenvalue weighted by Gasteiger charge is -2.15. The van der Waals surface area contributed by atoms with Gasteiger partial charge in [0.1, 0.15) is 5.02 Å². The van der Waals surface area contributed by atoms with Crippen LogP contribution in [0.1, 0.15) is 18.9 Å². The summed E-state index contributed by atoms with van der Waals surface area (Å²) in [4.78, 5) is 7.01. The molecule has 0 saturated heterocycles. The first-order valence-electron chi connectivity index (χ1n) is 6.71. The number of nitrogens with one attached hydrogen (secondary N) is 1. The number of hydrogen-bond acceptors (Lipinski definition) is 4. The van der Waals surface area contributed by atoms with Gasteiger partial charge in [-0.1, -0.05) is 41.9 Å². The van der Waals surface area contributed by atoms with Gasteiger partial charge in [-0.3, -0.25) is 0 Å². The number of halogens is 2. The highest BCUT2D eigenvalue weighted by Crippen LogP contribution is 2.18. The molecule has 4 nitrogen and oxygen atoms in total. The molecule has 0 radical (unpaired) electrons. The van der Waals surface area contributed by atoms with E-state index in [2.05, 4.69) is 15.3 Å². The third-order valence-corrected chi connectivity index (χ3v) is 3.18. The first kappa shape index (κ1) is 15.7. The van der Waals surface area contributed by atoms with Gasteiger partial charge in [-0.05, 0) is 18.9 Å². The second kappa shape index (κ2) is 7.90. The summed E-state index contributed by atoms with van der Waals surface area (Å²) in [5.41, 5.74) is 1.14. The number of hydrogen-bond donors (Lipinski definition) is 1. The Bertz CT molecular complexity index is 568. The van der Waals surface area contributed by atoms with Crippen LogP contribution < -0.4 is 5.32 Å². The Balaban J connectivity index is 1.72. The van der Waals surface area contributed by atoms with Gasteiger partial charge in [0.25, 0.3) is 0 Å². The summed E-state index contributed by atoms with van der Waals surface area (Å²) >= 11 is 5.90. The molecule has 1 unspecified atom stereocenters. The summed E-state index contributed by atoms with van der Waals surface area (Å²) in [5.74, 6) is 0.305. The molecule has 0 spiro atoms. The van der Waals surface area contributed by atoms with Crippen molar-refractivity contribution in [1.82, 2.24) is 9.97 Å². The normalized spacial score (nSPS) is 12.1. The second-order valence-corrected chi connectivity index (χ2v) is 5.12. The molecule has 0 saturated carbocycles. The van der Waals surface area contributed by atoms with Crippen molar-refractivity contribution >= 4 is 17.4 Å².